The third-order valence-corrected chi connectivity index (χ3v) is 4.04. The van der Waals surface area contributed by atoms with Crippen molar-refractivity contribution in [1.82, 2.24) is 0 Å². The lowest BCUT2D eigenvalue weighted by atomic mass is 10.1. The van der Waals surface area contributed by atoms with Crippen LogP contribution in [0.4, 0.5) is 5.69 Å². The number of carbonyl (C=O) groups excluding carboxylic acids is 2. The number of hydrogen-bond donors (Lipinski definition) is 0. The van der Waals surface area contributed by atoms with E-state index in [0.717, 1.165) is 0 Å². The average molecular weight is 353 g/mol. The molecule has 0 atom stereocenters. The first-order valence-corrected chi connectivity index (χ1v) is 8.19. The highest BCUT2D eigenvalue weighted by atomic mass is 16.5. The van der Waals surface area contributed by atoms with Crippen LogP contribution < -0.4 is 9.64 Å². The minimum atomic E-state index is -0.535. The van der Waals surface area contributed by atoms with Gasteiger partial charge in [0.15, 0.2) is 0 Å². The second-order valence-electron chi connectivity index (χ2n) is 5.59. The minimum absolute atomic E-state index is 0.223. The molecule has 1 aliphatic heterocycles. The van der Waals surface area contributed by atoms with E-state index in [4.69, 9.17) is 13.9 Å². The number of rotatable bonds is 5. The molecule has 1 amide bonds. The van der Waals surface area contributed by atoms with Crippen LogP contribution in [0.15, 0.2) is 63.9 Å². The Balaban J connectivity index is 2.08. The molecule has 134 valence electrons. The molecule has 0 fully saturated rings. The molecule has 1 aromatic heterocycles. The first-order chi connectivity index (χ1) is 12.6. The van der Waals surface area contributed by atoms with Gasteiger partial charge in [-0.25, -0.2) is 4.79 Å². The molecule has 2 heterocycles. The molecule has 0 aliphatic carbocycles. The van der Waals surface area contributed by atoms with E-state index in [2.05, 4.69) is 0 Å². The quantitative estimate of drug-likeness (QED) is 0.607. The van der Waals surface area contributed by atoms with Crippen LogP contribution >= 0.6 is 0 Å². The van der Waals surface area contributed by atoms with Gasteiger partial charge in [-0.2, -0.15) is 0 Å². The molecule has 0 saturated carbocycles. The van der Waals surface area contributed by atoms with Crippen LogP contribution in [-0.2, 0) is 14.3 Å². The van der Waals surface area contributed by atoms with E-state index in [-0.39, 0.29) is 23.7 Å². The van der Waals surface area contributed by atoms with Gasteiger partial charge in [0.1, 0.15) is 11.5 Å². The zero-order chi connectivity index (χ0) is 18.7. The molecular formula is C20H19NO5. The SMILES string of the molecule is CCOC(=O)C1=C(C)N(c2ccc(OC)cc2)C(=O)C1=Cc1ccco1. The van der Waals surface area contributed by atoms with Crippen molar-refractivity contribution < 1.29 is 23.5 Å². The number of methoxy groups -OCH3 is 1. The predicted octanol–water partition coefficient (Wildman–Crippen LogP) is 3.56. The standard InChI is InChI=1S/C20H19NO5/c1-4-25-20(23)18-13(2)21(14-7-9-15(24-3)10-8-14)19(22)17(18)12-16-6-5-11-26-16/h5-12H,4H2,1-3H3. The number of ether oxygens (including phenoxy) is 2. The van der Waals surface area contributed by atoms with E-state index in [1.54, 1.807) is 63.4 Å². The number of nitrogens with zero attached hydrogens (tertiary/aromatic N) is 1. The second-order valence-corrected chi connectivity index (χ2v) is 5.59. The van der Waals surface area contributed by atoms with E-state index in [9.17, 15) is 9.59 Å². The molecule has 26 heavy (non-hydrogen) atoms. The molecule has 0 bridgehead atoms. The lowest BCUT2D eigenvalue weighted by molar-refractivity contribution is -0.138. The summed E-state index contributed by atoms with van der Waals surface area (Å²) in [6.45, 7) is 3.67. The highest BCUT2D eigenvalue weighted by molar-refractivity contribution is 6.23. The van der Waals surface area contributed by atoms with Gasteiger partial charge in [-0.1, -0.05) is 0 Å². The number of benzene rings is 1. The number of anilines is 1. The molecule has 0 N–H and O–H groups in total. The maximum absolute atomic E-state index is 13.1. The van der Waals surface area contributed by atoms with Gasteiger partial charge >= 0.3 is 5.97 Å². The highest BCUT2D eigenvalue weighted by Gasteiger charge is 2.38. The summed E-state index contributed by atoms with van der Waals surface area (Å²) >= 11 is 0. The van der Waals surface area contributed by atoms with Crippen molar-refractivity contribution >= 4 is 23.6 Å². The van der Waals surface area contributed by atoms with Crippen molar-refractivity contribution in [2.75, 3.05) is 18.6 Å². The van der Waals surface area contributed by atoms with E-state index >= 15 is 0 Å². The van der Waals surface area contributed by atoms with Gasteiger partial charge in [0, 0.05) is 11.4 Å². The van der Waals surface area contributed by atoms with E-state index in [1.165, 1.54) is 11.2 Å². The average Bonchev–Trinajstić information content (AvgIpc) is 3.23. The van der Waals surface area contributed by atoms with Crippen molar-refractivity contribution in [2.45, 2.75) is 13.8 Å². The van der Waals surface area contributed by atoms with Gasteiger partial charge in [0.2, 0.25) is 0 Å². The first kappa shape index (κ1) is 17.5. The van der Waals surface area contributed by atoms with Crippen LogP contribution in [0.1, 0.15) is 19.6 Å². The topological polar surface area (TPSA) is 69.0 Å². The lowest BCUT2D eigenvalue weighted by Crippen LogP contribution is -2.24. The van der Waals surface area contributed by atoms with Crippen LogP contribution in [-0.4, -0.2) is 25.6 Å². The highest BCUT2D eigenvalue weighted by Crippen LogP contribution is 2.36. The van der Waals surface area contributed by atoms with Gasteiger partial charge in [-0.15, -0.1) is 0 Å². The number of esters is 1. The summed E-state index contributed by atoms with van der Waals surface area (Å²) in [7, 11) is 1.57. The summed E-state index contributed by atoms with van der Waals surface area (Å²) in [5.41, 5.74) is 1.63. The molecule has 1 aliphatic rings. The maximum Gasteiger partial charge on any atom is 0.340 e. The Morgan fingerprint density at radius 1 is 1.23 bits per heavy atom. The van der Waals surface area contributed by atoms with Gasteiger partial charge in [0.25, 0.3) is 5.91 Å². The monoisotopic (exact) mass is 353 g/mol. The molecule has 1 aromatic carbocycles. The Labute approximate surface area is 151 Å². The van der Waals surface area contributed by atoms with E-state index in [1.807, 2.05) is 0 Å². The van der Waals surface area contributed by atoms with Crippen molar-refractivity contribution in [3.05, 3.63) is 65.3 Å². The molecule has 3 rings (SSSR count). The molecule has 2 aromatic rings. The largest absolute Gasteiger partial charge is 0.497 e. The molecular weight excluding hydrogens is 334 g/mol. The summed E-state index contributed by atoms with van der Waals surface area (Å²) in [6.07, 6.45) is 3.06. The third-order valence-electron chi connectivity index (χ3n) is 4.04. The number of hydrogen-bond acceptors (Lipinski definition) is 5. The first-order valence-electron chi connectivity index (χ1n) is 8.19. The third kappa shape index (κ3) is 3.13. The Morgan fingerprint density at radius 3 is 2.54 bits per heavy atom. The van der Waals surface area contributed by atoms with E-state index in [0.29, 0.717) is 22.9 Å². The maximum atomic E-state index is 13.1. The summed E-state index contributed by atoms with van der Waals surface area (Å²) in [4.78, 5) is 27.0. The Hall–Kier alpha value is -3.28. The molecule has 0 saturated heterocycles. The van der Waals surface area contributed by atoms with Crippen LogP contribution in [0.3, 0.4) is 0 Å². The van der Waals surface area contributed by atoms with Crippen molar-refractivity contribution in [2.24, 2.45) is 0 Å². The fourth-order valence-electron chi connectivity index (χ4n) is 2.84. The minimum Gasteiger partial charge on any atom is -0.497 e. The molecule has 0 unspecified atom stereocenters. The van der Waals surface area contributed by atoms with Crippen LogP contribution in [0.25, 0.3) is 6.08 Å². The molecule has 0 radical (unpaired) electrons. The number of amides is 1. The molecule has 0 spiro atoms. The Morgan fingerprint density at radius 2 is 1.96 bits per heavy atom. The Kier molecular flexibility index (Phi) is 4.93. The molecule has 6 nitrogen and oxygen atoms in total. The van der Waals surface area contributed by atoms with Gasteiger partial charge in [0.05, 0.1) is 31.1 Å². The van der Waals surface area contributed by atoms with Gasteiger partial charge in [-0.3, -0.25) is 9.69 Å². The fourth-order valence-corrected chi connectivity index (χ4v) is 2.84. The zero-order valence-corrected chi connectivity index (χ0v) is 14.8. The summed E-state index contributed by atoms with van der Waals surface area (Å²) in [5, 5.41) is 0. The van der Waals surface area contributed by atoms with Crippen LogP contribution in [0.2, 0.25) is 0 Å². The van der Waals surface area contributed by atoms with Crippen LogP contribution in [0.5, 0.6) is 5.75 Å². The number of allylic oxidation sites excluding steroid dienone is 1. The smallest absolute Gasteiger partial charge is 0.340 e. The normalized spacial score (nSPS) is 15.7. The number of furan rings is 1. The molecule has 6 heteroatoms. The predicted molar refractivity (Wildman–Crippen MR) is 96.5 cm³/mol. The van der Waals surface area contributed by atoms with Gasteiger partial charge < -0.3 is 13.9 Å². The Bertz CT molecular complexity index is 875. The number of carbonyl (C=O) groups is 2. The van der Waals surface area contributed by atoms with Crippen LogP contribution in [0, 0.1) is 0 Å². The van der Waals surface area contributed by atoms with E-state index < -0.39 is 5.97 Å². The summed E-state index contributed by atoms with van der Waals surface area (Å²) < 4.78 is 15.6. The zero-order valence-electron chi connectivity index (χ0n) is 14.8. The van der Waals surface area contributed by atoms with Crippen molar-refractivity contribution in [1.29, 1.82) is 0 Å². The van der Waals surface area contributed by atoms with Gasteiger partial charge in [-0.05, 0) is 56.3 Å². The summed E-state index contributed by atoms with van der Waals surface area (Å²) in [6, 6.07) is 10.5. The van der Waals surface area contributed by atoms with Crippen molar-refractivity contribution in [3.8, 4) is 5.75 Å². The lowest BCUT2D eigenvalue weighted by Gasteiger charge is -2.18. The van der Waals surface area contributed by atoms with Crippen molar-refractivity contribution in [3.63, 3.8) is 0 Å². The summed E-state index contributed by atoms with van der Waals surface area (Å²) in [5.74, 6) is 0.317. The second kappa shape index (κ2) is 7.31. The fraction of sp³-hybridized carbons (Fsp3) is 0.200.